The van der Waals surface area contributed by atoms with Crippen LogP contribution < -0.4 is 27.4 Å². The van der Waals surface area contributed by atoms with Crippen LogP contribution in [0.1, 0.15) is 12.8 Å². The third-order valence-electron chi connectivity index (χ3n) is 3.08. The molecular weight excluding hydrogens is 386 g/mol. The van der Waals surface area contributed by atoms with Crippen LogP contribution in [0.25, 0.3) is 0 Å². The lowest BCUT2D eigenvalue weighted by Crippen LogP contribution is -2.54. The van der Waals surface area contributed by atoms with Gasteiger partial charge in [-0.05, 0) is 6.42 Å². The minimum absolute atomic E-state index is 0.0808. The summed E-state index contributed by atoms with van der Waals surface area (Å²) in [5.74, 6) is -4.25. The van der Waals surface area contributed by atoms with E-state index in [9.17, 15) is 24.0 Å². The summed E-state index contributed by atoms with van der Waals surface area (Å²) in [6.07, 6.45) is -0.357. The predicted molar refractivity (Wildman–Crippen MR) is 98.6 cm³/mol. The van der Waals surface area contributed by atoms with Crippen molar-refractivity contribution in [1.29, 1.82) is 0 Å². The Labute approximate surface area is 160 Å². The zero-order valence-electron chi connectivity index (χ0n) is 13.8. The normalized spacial score (nSPS) is 13.8. The van der Waals surface area contributed by atoms with Gasteiger partial charge in [0, 0.05) is 17.9 Å². The van der Waals surface area contributed by atoms with E-state index in [0.717, 1.165) is 0 Å². The molecule has 0 fully saturated rings. The molecule has 0 aliphatic carbocycles. The molecule has 0 saturated heterocycles. The molecule has 26 heavy (non-hydrogen) atoms. The highest BCUT2D eigenvalue weighted by atomic mass is 32.1. The molecule has 3 atom stereocenters. The molecule has 0 aliphatic rings. The van der Waals surface area contributed by atoms with Crippen molar-refractivity contribution in [1.82, 2.24) is 16.0 Å². The van der Waals surface area contributed by atoms with Gasteiger partial charge in [0.2, 0.25) is 23.6 Å². The first-order chi connectivity index (χ1) is 12.1. The maximum absolute atomic E-state index is 12.2. The molecule has 0 spiro atoms. The number of nitrogens with two attached hydrogens (primary N) is 2. The van der Waals surface area contributed by atoms with Gasteiger partial charge in [0.1, 0.15) is 12.1 Å². The van der Waals surface area contributed by atoms with Gasteiger partial charge in [0.05, 0.1) is 12.6 Å². The highest BCUT2D eigenvalue weighted by Crippen LogP contribution is 2.00. The number of hydrogen-bond donors (Lipinski definition) is 8. The maximum Gasteiger partial charge on any atom is 0.327 e. The molecule has 0 aromatic rings. The monoisotopic (exact) mass is 409 g/mol. The van der Waals surface area contributed by atoms with Crippen molar-refractivity contribution in [2.75, 3.05) is 18.1 Å². The topological polar surface area (TPSA) is 194 Å². The standard InChI is InChI=1S/C13H23N5O6S2/c14-6(4-25)11(21)16-3-10(20)17-7(1-2-9(15)19)12(22)18-8(5-26)13(23)24/h6-8,25-26H,1-5,14H2,(H2,15,19)(H,16,21)(H,17,20)(H,18,22)(H,23,24). The van der Waals surface area contributed by atoms with E-state index in [2.05, 4.69) is 41.2 Å². The number of amides is 4. The molecule has 8 N–H and O–H groups in total. The SMILES string of the molecule is NC(=O)CCC(NC(=O)CNC(=O)C(N)CS)C(=O)NC(CS)C(=O)O. The Morgan fingerprint density at radius 2 is 1.58 bits per heavy atom. The Hall–Kier alpha value is -1.99. The van der Waals surface area contributed by atoms with Crippen molar-refractivity contribution in [3.63, 3.8) is 0 Å². The smallest absolute Gasteiger partial charge is 0.327 e. The van der Waals surface area contributed by atoms with Crippen LogP contribution in [0.15, 0.2) is 0 Å². The van der Waals surface area contributed by atoms with E-state index in [0.29, 0.717) is 0 Å². The van der Waals surface area contributed by atoms with E-state index >= 15 is 0 Å². The van der Waals surface area contributed by atoms with Crippen LogP contribution in [0.4, 0.5) is 0 Å². The third kappa shape index (κ3) is 9.48. The van der Waals surface area contributed by atoms with E-state index < -0.39 is 54.3 Å². The summed E-state index contributed by atoms with van der Waals surface area (Å²) in [5.41, 5.74) is 10.5. The maximum atomic E-state index is 12.2. The Balaban J connectivity index is 4.83. The second kappa shape index (κ2) is 12.4. The summed E-state index contributed by atoms with van der Waals surface area (Å²) in [7, 11) is 0. The second-order valence-corrected chi connectivity index (χ2v) is 5.94. The first-order valence-corrected chi connectivity index (χ1v) is 8.74. The van der Waals surface area contributed by atoms with E-state index in [1.54, 1.807) is 0 Å². The van der Waals surface area contributed by atoms with Gasteiger partial charge in [-0.25, -0.2) is 4.79 Å². The number of carboxylic acids is 1. The van der Waals surface area contributed by atoms with E-state index in [1.807, 2.05) is 0 Å². The number of primary amides is 1. The molecule has 0 aliphatic heterocycles. The van der Waals surface area contributed by atoms with E-state index in [1.165, 1.54) is 0 Å². The second-order valence-electron chi connectivity index (χ2n) is 5.21. The molecule has 0 bridgehead atoms. The molecule has 4 amide bonds. The number of carbonyl (C=O) groups is 5. The number of aliphatic carboxylic acids is 1. The molecule has 13 heteroatoms. The van der Waals surface area contributed by atoms with Gasteiger partial charge in [-0.2, -0.15) is 25.3 Å². The van der Waals surface area contributed by atoms with Gasteiger partial charge in [-0.15, -0.1) is 0 Å². The molecule has 0 aromatic carbocycles. The van der Waals surface area contributed by atoms with Crippen LogP contribution in [0.5, 0.6) is 0 Å². The average Bonchev–Trinajstić information content (AvgIpc) is 2.59. The zero-order valence-corrected chi connectivity index (χ0v) is 15.6. The van der Waals surface area contributed by atoms with Gasteiger partial charge >= 0.3 is 5.97 Å². The molecule has 0 saturated carbocycles. The summed E-state index contributed by atoms with van der Waals surface area (Å²) in [5, 5.41) is 15.7. The molecule has 0 aromatic heterocycles. The van der Waals surface area contributed by atoms with Crippen molar-refractivity contribution in [3.8, 4) is 0 Å². The van der Waals surface area contributed by atoms with Crippen LogP contribution >= 0.6 is 25.3 Å². The van der Waals surface area contributed by atoms with Crippen molar-refractivity contribution in [3.05, 3.63) is 0 Å². The fraction of sp³-hybridized carbons (Fsp3) is 0.615. The highest BCUT2D eigenvalue weighted by Gasteiger charge is 2.26. The zero-order chi connectivity index (χ0) is 20.3. The lowest BCUT2D eigenvalue weighted by atomic mass is 10.1. The van der Waals surface area contributed by atoms with Gasteiger partial charge in [0.25, 0.3) is 0 Å². The van der Waals surface area contributed by atoms with Gasteiger partial charge < -0.3 is 32.5 Å². The lowest BCUT2D eigenvalue weighted by molar-refractivity contribution is -0.141. The van der Waals surface area contributed by atoms with Gasteiger partial charge in [-0.3, -0.25) is 19.2 Å². The quantitative estimate of drug-likeness (QED) is 0.154. The van der Waals surface area contributed by atoms with Crippen molar-refractivity contribution < 1.29 is 29.1 Å². The first kappa shape index (κ1) is 24.0. The highest BCUT2D eigenvalue weighted by molar-refractivity contribution is 7.80. The van der Waals surface area contributed by atoms with E-state index in [4.69, 9.17) is 16.6 Å². The first-order valence-electron chi connectivity index (χ1n) is 7.48. The number of carboxylic acid groups (broad SMARTS) is 1. The van der Waals surface area contributed by atoms with Crippen molar-refractivity contribution in [2.24, 2.45) is 11.5 Å². The number of thiol groups is 2. The van der Waals surface area contributed by atoms with E-state index in [-0.39, 0.29) is 24.3 Å². The van der Waals surface area contributed by atoms with Crippen molar-refractivity contribution in [2.45, 2.75) is 31.0 Å². The van der Waals surface area contributed by atoms with Crippen LogP contribution in [0.3, 0.4) is 0 Å². The summed E-state index contributed by atoms with van der Waals surface area (Å²) in [6, 6.07) is -3.38. The van der Waals surface area contributed by atoms with Gasteiger partial charge in [0.15, 0.2) is 0 Å². The number of hydrogen-bond acceptors (Lipinski definition) is 8. The molecule has 0 rings (SSSR count). The predicted octanol–water partition coefficient (Wildman–Crippen LogP) is -3.39. The molecule has 3 unspecified atom stereocenters. The Kier molecular flexibility index (Phi) is 11.4. The largest absolute Gasteiger partial charge is 0.480 e. The molecular formula is C13H23N5O6S2. The fourth-order valence-corrected chi connectivity index (χ4v) is 2.05. The average molecular weight is 409 g/mol. The third-order valence-corrected chi connectivity index (χ3v) is 3.84. The van der Waals surface area contributed by atoms with Crippen LogP contribution in [-0.4, -0.2) is 70.9 Å². The van der Waals surface area contributed by atoms with Gasteiger partial charge in [-0.1, -0.05) is 0 Å². The number of nitrogens with one attached hydrogen (secondary N) is 3. The molecule has 0 heterocycles. The number of rotatable bonds is 12. The Bertz CT molecular complexity index is 547. The molecule has 11 nitrogen and oxygen atoms in total. The lowest BCUT2D eigenvalue weighted by Gasteiger charge is -2.20. The number of carbonyl (C=O) groups excluding carboxylic acids is 4. The summed E-state index contributed by atoms with van der Waals surface area (Å²) in [4.78, 5) is 57.4. The van der Waals surface area contributed by atoms with Crippen LogP contribution in [-0.2, 0) is 24.0 Å². The van der Waals surface area contributed by atoms with Crippen molar-refractivity contribution >= 4 is 54.9 Å². The molecule has 0 radical (unpaired) electrons. The van der Waals surface area contributed by atoms with Crippen LogP contribution in [0.2, 0.25) is 0 Å². The minimum atomic E-state index is -1.30. The Morgan fingerprint density at radius 1 is 0.962 bits per heavy atom. The minimum Gasteiger partial charge on any atom is -0.480 e. The van der Waals surface area contributed by atoms with Crippen LogP contribution in [0, 0.1) is 0 Å². The molecule has 148 valence electrons. The summed E-state index contributed by atoms with van der Waals surface area (Å²) in [6.45, 7) is -0.463. The fourth-order valence-electron chi connectivity index (χ4n) is 1.64. The Morgan fingerprint density at radius 3 is 2.04 bits per heavy atom. The summed E-state index contributed by atoms with van der Waals surface area (Å²) >= 11 is 7.66. The summed E-state index contributed by atoms with van der Waals surface area (Å²) < 4.78 is 0.